The Morgan fingerprint density at radius 3 is 2.52 bits per heavy atom. The average Bonchev–Trinajstić information content (AvgIpc) is 2.79. The Bertz CT molecular complexity index is 552. The maximum Gasteiger partial charge on any atom is 0.272 e. The summed E-state index contributed by atoms with van der Waals surface area (Å²) in [4.78, 5) is 22.4. The highest BCUT2D eigenvalue weighted by atomic mass is 16.6. The van der Waals surface area contributed by atoms with Gasteiger partial charge in [-0.3, -0.25) is 14.9 Å². The second-order valence-corrected chi connectivity index (χ2v) is 6.16. The van der Waals surface area contributed by atoms with Gasteiger partial charge in [-0.2, -0.15) is 0 Å². The van der Waals surface area contributed by atoms with Crippen LogP contribution in [0.1, 0.15) is 54.4 Å². The molecule has 1 aliphatic rings. The monoisotopic (exact) mass is 319 g/mol. The molecule has 0 bridgehead atoms. The van der Waals surface area contributed by atoms with Gasteiger partial charge in [0.15, 0.2) is 0 Å². The van der Waals surface area contributed by atoms with Crippen molar-refractivity contribution in [3.8, 4) is 0 Å². The molecule has 2 N–H and O–H groups in total. The highest BCUT2D eigenvalue weighted by molar-refractivity contribution is 5.94. The fourth-order valence-electron chi connectivity index (χ4n) is 3.04. The Hall–Kier alpha value is -1.95. The maximum absolute atomic E-state index is 12.1. The zero-order valence-electron chi connectivity index (χ0n) is 13.6. The van der Waals surface area contributed by atoms with Crippen LogP contribution in [0.25, 0.3) is 0 Å². The predicted octanol–water partition coefficient (Wildman–Crippen LogP) is 2.95. The molecule has 0 aromatic heterocycles. The van der Waals surface area contributed by atoms with Gasteiger partial charge in [0.1, 0.15) is 0 Å². The summed E-state index contributed by atoms with van der Waals surface area (Å²) < 4.78 is 0. The molecule has 0 radical (unpaired) electrons. The second kappa shape index (κ2) is 8.62. The summed E-state index contributed by atoms with van der Waals surface area (Å²) in [5, 5.41) is 17.1. The van der Waals surface area contributed by atoms with E-state index in [9.17, 15) is 14.9 Å². The molecule has 0 heterocycles. The third-order valence-electron chi connectivity index (χ3n) is 4.35. The molecule has 1 saturated carbocycles. The van der Waals surface area contributed by atoms with Gasteiger partial charge in [0.2, 0.25) is 0 Å². The lowest BCUT2D eigenvalue weighted by Crippen LogP contribution is -2.36. The summed E-state index contributed by atoms with van der Waals surface area (Å²) in [6.45, 7) is 2.95. The summed E-state index contributed by atoms with van der Waals surface area (Å²) in [6.07, 6.45) is 7.66. The van der Waals surface area contributed by atoms with Crippen molar-refractivity contribution in [3.05, 3.63) is 39.4 Å². The van der Waals surface area contributed by atoms with Gasteiger partial charge in [-0.1, -0.05) is 25.7 Å². The number of nitrogens with one attached hydrogen (secondary N) is 2. The Kier molecular flexibility index (Phi) is 6.52. The minimum atomic E-state index is -0.437. The van der Waals surface area contributed by atoms with Gasteiger partial charge in [0.25, 0.3) is 11.6 Å². The molecule has 0 atom stereocenters. The molecular formula is C17H25N3O3. The zero-order valence-corrected chi connectivity index (χ0v) is 13.6. The first-order valence-corrected chi connectivity index (χ1v) is 8.34. The lowest BCUT2D eigenvalue weighted by Gasteiger charge is -2.16. The van der Waals surface area contributed by atoms with E-state index in [1.807, 2.05) is 0 Å². The van der Waals surface area contributed by atoms with Crippen LogP contribution in [0.3, 0.4) is 0 Å². The van der Waals surface area contributed by atoms with Crippen LogP contribution in [0, 0.1) is 17.0 Å². The number of hydrogen-bond donors (Lipinski definition) is 2. The summed E-state index contributed by atoms with van der Waals surface area (Å²) in [6, 6.07) is 5.01. The van der Waals surface area contributed by atoms with Gasteiger partial charge in [0.05, 0.1) is 4.92 Å². The summed E-state index contributed by atoms with van der Waals surface area (Å²) in [7, 11) is 0. The molecule has 1 aromatic rings. The normalized spacial score (nSPS) is 15.9. The topological polar surface area (TPSA) is 84.3 Å². The van der Waals surface area contributed by atoms with E-state index in [1.54, 1.807) is 13.0 Å². The Balaban J connectivity index is 1.76. The van der Waals surface area contributed by atoms with Crippen molar-refractivity contribution in [1.29, 1.82) is 0 Å². The molecule has 6 heteroatoms. The minimum Gasteiger partial charge on any atom is -0.351 e. The number of nitro benzene ring substituents is 1. The predicted molar refractivity (Wildman–Crippen MR) is 89.7 cm³/mol. The molecule has 0 aliphatic heterocycles. The lowest BCUT2D eigenvalue weighted by molar-refractivity contribution is -0.385. The lowest BCUT2D eigenvalue weighted by atomic mass is 10.1. The molecule has 0 spiro atoms. The Morgan fingerprint density at radius 1 is 1.22 bits per heavy atom. The average molecular weight is 319 g/mol. The second-order valence-electron chi connectivity index (χ2n) is 6.16. The third-order valence-corrected chi connectivity index (χ3v) is 4.35. The van der Waals surface area contributed by atoms with Crippen LogP contribution < -0.4 is 10.6 Å². The number of hydrogen-bond acceptors (Lipinski definition) is 4. The van der Waals surface area contributed by atoms with E-state index in [4.69, 9.17) is 0 Å². The van der Waals surface area contributed by atoms with Gasteiger partial charge in [-0.25, -0.2) is 0 Å². The van der Waals surface area contributed by atoms with Crippen molar-refractivity contribution in [2.75, 3.05) is 13.1 Å². The van der Waals surface area contributed by atoms with Crippen LogP contribution in [-0.2, 0) is 0 Å². The molecule has 23 heavy (non-hydrogen) atoms. The smallest absolute Gasteiger partial charge is 0.272 e. The molecule has 126 valence electrons. The molecule has 1 fully saturated rings. The fourth-order valence-corrected chi connectivity index (χ4v) is 3.04. The molecular weight excluding hydrogens is 294 g/mol. The van der Waals surface area contributed by atoms with E-state index in [0.29, 0.717) is 23.7 Å². The van der Waals surface area contributed by atoms with Gasteiger partial charge in [-0.15, -0.1) is 0 Å². The third kappa shape index (κ3) is 5.32. The molecule has 0 saturated heterocycles. The number of carbonyl (C=O) groups is 1. The van der Waals surface area contributed by atoms with Crippen molar-refractivity contribution in [2.45, 2.75) is 51.5 Å². The van der Waals surface area contributed by atoms with E-state index in [2.05, 4.69) is 10.6 Å². The first kappa shape index (κ1) is 17.4. The standard InChI is InChI=1S/C17H25N3O3/c1-13-12-14(8-9-16(13)20(22)23)17(21)19-11-10-18-15-6-4-2-3-5-7-15/h8-9,12,15,18H,2-7,10-11H2,1H3,(H,19,21). The number of rotatable bonds is 6. The van der Waals surface area contributed by atoms with Crippen molar-refractivity contribution < 1.29 is 9.72 Å². The first-order chi connectivity index (χ1) is 11.1. The van der Waals surface area contributed by atoms with E-state index in [1.165, 1.54) is 50.7 Å². The Morgan fingerprint density at radius 2 is 1.91 bits per heavy atom. The first-order valence-electron chi connectivity index (χ1n) is 8.34. The molecule has 6 nitrogen and oxygen atoms in total. The molecule has 1 aliphatic carbocycles. The highest BCUT2D eigenvalue weighted by Crippen LogP contribution is 2.19. The minimum absolute atomic E-state index is 0.0385. The van der Waals surface area contributed by atoms with Crippen molar-refractivity contribution in [1.82, 2.24) is 10.6 Å². The van der Waals surface area contributed by atoms with Crippen LogP contribution in [0.5, 0.6) is 0 Å². The molecule has 0 unspecified atom stereocenters. The van der Waals surface area contributed by atoms with Crippen LogP contribution in [0.4, 0.5) is 5.69 Å². The van der Waals surface area contributed by atoms with E-state index < -0.39 is 4.92 Å². The van der Waals surface area contributed by atoms with E-state index in [0.717, 1.165) is 6.54 Å². The fraction of sp³-hybridized carbons (Fsp3) is 0.588. The number of carbonyl (C=O) groups excluding carboxylic acids is 1. The largest absolute Gasteiger partial charge is 0.351 e. The van der Waals surface area contributed by atoms with Gasteiger partial charge in [0, 0.05) is 36.3 Å². The SMILES string of the molecule is Cc1cc(C(=O)NCCNC2CCCCCC2)ccc1[N+](=O)[O-]. The Labute approximate surface area is 136 Å². The van der Waals surface area contributed by atoms with Crippen LogP contribution in [0.2, 0.25) is 0 Å². The number of benzene rings is 1. The quantitative estimate of drug-likeness (QED) is 0.365. The van der Waals surface area contributed by atoms with Gasteiger partial charge in [-0.05, 0) is 31.9 Å². The maximum atomic E-state index is 12.1. The number of nitro groups is 1. The van der Waals surface area contributed by atoms with Crippen molar-refractivity contribution in [2.24, 2.45) is 0 Å². The molecule has 2 rings (SSSR count). The van der Waals surface area contributed by atoms with Gasteiger partial charge < -0.3 is 10.6 Å². The number of nitrogens with zero attached hydrogens (tertiary/aromatic N) is 1. The van der Waals surface area contributed by atoms with Gasteiger partial charge >= 0.3 is 0 Å². The molecule has 1 amide bonds. The molecule has 1 aromatic carbocycles. The highest BCUT2D eigenvalue weighted by Gasteiger charge is 2.14. The summed E-state index contributed by atoms with van der Waals surface area (Å²) in [5.74, 6) is -0.189. The van der Waals surface area contributed by atoms with Crippen molar-refractivity contribution >= 4 is 11.6 Å². The summed E-state index contributed by atoms with van der Waals surface area (Å²) >= 11 is 0. The van der Waals surface area contributed by atoms with E-state index in [-0.39, 0.29) is 11.6 Å². The number of aryl methyl sites for hydroxylation is 1. The summed E-state index contributed by atoms with van der Waals surface area (Å²) in [5.41, 5.74) is 0.998. The van der Waals surface area contributed by atoms with Crippen LogP contribution in [0.15, 0.2) is 18.2 Å². The van der Waals surface area contributed by atoms with Crippen molar-refractivity contribution in [3.63, 3.8) is 0 Å². The van der Waals surface area contributed by atoms with Crippen LogP contribution in [-0.4, -0.2) is 30.0 Å². The number of amides is 1. The van der Waals surface area contributed by atoms with E-state index >= 15 is 0 Å². The zero-order chi connectivity index (χ0) is 16.7. The van der Waals surface area contributed by atoms with Crippen LogP contribution >= 0.6 is 0 Å².